The van der Waals surface area contributed by atoms with Crippen LogP contribution in [0.1, 0.15) is 5.69 Å². The van der Waals surface area contributed by atoms with E-state index in [-0.39, 0.29) is 0 Å². The molecule has 0 bridgehead atoms. The Bertz CT molecular complexity index is 448. The summed E-state index contributed by atoms with van der Waals surface area (Å²) in [5.41, 5.74) is 7.28. The van der Waals surface area contributed by atoms with E-state index in [0.717, 1.165) is 16.6 Å². The van der Waals surface area contributed by atoms with E-state index in [4.69, 9.17) is 28.9 Å². The molecule has 2 aromatic rings. The number of aromatic amines is 1. The molecule has 2 nitrogen and oxygen atoms in total. The average molecular weight is 215 g/mol. The molecule has 0 saturated carbocycles. The zero-order chi connectivity index (χ0) is 9.42. The van der Waals surface area contributed by atoms with Crippen molar-refractivity contribution in [3.05, 3.63) is 33.9 Å². The van der Waals surface area contributed by atoms with E-state index in [2.05, 4.69) is 4.98 Å². The molecule has 0 aliphatic carbocycles. The molecule has 1 heterocycles. The van der Waals surface area contributed by atoms with Gasteiger partial charge in [0, 0.05) is 28.2 Å². The highest BCUT2D eigenvalue weighted by Crippen LogP contribution is 2.28. The number of hydrogen-bond donors (Lipinski definition) is 2. The van der Waals surface area contributed by atoms with Crippen LogP contribution in [0, 0.1) is 0 Å². The standard InChI is InChI=1S/C9H8Cl2N2/c10-5-1-2-6-7(3-5)13-8(4-12)9(6)11/h1-3,13H,4,12H2. The number of benzene rings is 1. The van der Waals surface area contributed by atoms with Gasteiger partial charge in [-0.05, 0) is 18.2 Å². The first kappa shape index (κ1) is 8.88. The Morgan fingerprint density at radius 3 is 2.77 bits per heavy atom. The Hall–Kier alpha value is -0.700. The maximum atomic E-state index is 6.06. The van der Waals surface area contributed by atoms with Gasteiger partial charge in [-0.1, -0.05) is 23.2 Å². The van der Waals surface area contributed by atoms with E-state index >= 15 is 0 Å². The molecule has 0 radical (unpaired) electrons. The van der Waals surface area contributed by atoms with Crippen LogP contribution in [0.4, 0.5) is 0 Å². The van der Waals surface area contributed by atoms with Crippen molar-refractivity contribution < 1.29 is 0 Å². The van der Waals surface area contributed by atoms with Crippen LogP contribution >= 0.6 is 23.2 Å². The number of H-pyrrole nitrogens is 1. The van der Waals surface area contributed by atoms with Gasteiger partial charge in [0.15, 0.2) is 0 Å². The third-order valence-corrected chi connectivity index (χ3v) is 2.64. The average Bonchev–Trinajstić information content (AvgIpc) is 2.42. The largest absolute Gasteiger partial charge is 0.356 e. The van der Waals surface area contributed by atoms with Gasteiger partial charge in [-0.2, -0.15) is 0 Å². The van der Waals surface area contributed by atoms with E-state index in [1.54, 1.807) is 0 Å². The second kappa shape index (κ2) is 3.22. The lowest BCUT2D eigenvalue weighted by Gasteiger charge is -1.90. The zero-order valence-corrected chi connectivity index (χ0v) is 8.28. The molecule has 13 heavy (non-hydrogen) atoms. The van der Waals surface area contributed by atoms with Crippen molar-refractivity contribution in [2.24, 2.45) is 5.73 Å². The van der Waals surface area contributed by atoms with Crippen molar-refractivity contribution in [2.45, 2.75) is 6.54 Å². The fourth-order valence-corrected chi connectivity index (χ4v) is 1.79. The maximum absolute atomic E-state index is 6.06. The van der Waals surface area contributed by atoms with E-state index < -0.39 is 0 Å². The highest BCUT2D eigenvalue weighted by Gasteiger charge is 2.07. The predicted octanol–water partition coefficient (Wildman–Crippen LogP) is 2.93. The Morgan fingerprint density at radius 2 is 2.08 bits per heavy atom. The molecule has 0 aliphatic rings. The summed E-state index contributed by atoms with van der Waals surface area (Å²) in [5.74, 6) is 0. The van der Waals surface area contributed by atoms with Crippen molar-refractivity contribution in [1.29, 1.82) is 0 Å². The number of fused-ring (bicyclic) bond motifs is 1. The molecule has 0 aliphatic heterocycles. The van der Waals surface area contributed by atoms with E-state index in [0.29, 0.717) is 16.6 Å². The summed E-state index contributed by atoms with van der Waals surface area (Å²) in [6.45, 7) is 0.408. The second-order valence-corrected chi connectivity index (χ2v) is 3.63. The Labute approximate surface area is 85.6 Å². The van der Waals surface area contributed by atoms with Crippen LogP contribution in [0.25, 0.3) is 10.9 Å². The number of rotatable bonds is 1. The lowest BCUT2D eigenvalue weighted by Crippen LogP contribution is -1.96. The SMILES string of the molecule is NCc1[nH]c2cc(Cl)ccc2c1Cl. The number of nitrogens with two attached hydrogens (primary N) is 1. The van der Waals surface area contributed by atoms with E-state index in [1.807, 2.05) is 18.2 Å². The van der Waals surface area contributed by atoms with Crippen LogP contribution < -0.4 is 5.73 Å². The van der Waals surface area contributed by atoms with Crippen LogP contribution in [0.3, 0.4) is 0 Å². The Morgan fingerprint density at radius 1 is 1.31 bits per heavy atom. The molecule has 0 fully saturated rings. The fourth-order valence-electron chi connectivity index (χ4n) is 1.33. The molecule has 0 atom stereocenters. The van der Waals surface area contributed by atoms with Crippen molar-refractivity contribution >= 4 is 34.1 Å². The fraction of sp³-hybridized carbons (Fsp3) is 0.111. The normalized spacial score (nSPS) is 11.0. The second-order valence-electron chi connectivity index (χ2n) is 2.81. The van der Waals surface area contributed by atoms with Crippen molar-refractivity contribution in [3.8, 4) is 0 Å². The van der Waals surface area contributed by atoms with E-state index in [9.17, 15) is 0 Å². The van der Waals surface area contributed by atoms with Crippen LogP contribution in [0.5, 0.6) is 0 Å². The quantitative estimate of drug-likeness (QED) is 0.754. The monoisotopic (exact) mass is 214 g/mol. The van der Waals surface area contributed by atoms with Crippen LogP contribution in [-0.2, 0) is 6.54 Å². The minimum Gasteiger partial charge on any atom is -0.356 e. The Kier molecular flexibility index (Phi) is 2.20. The number of nitrogens with one attached hydrogen (secondary N) is 1. The van der Waals surface area contributed by atoms with Gasteiger partial charge in [-0.25, -0.2) is 0 Å². The molecular formula is C9H8Cl2N2. The first-order chi connectivity index (χ1) is 6.22. The minimum absolute atomic E-state index is 0.408. The molecule has 2 rings (SSSR count). The first-order valence-electron chi connectivity index (χ1n) is 3.88. The molecule has 1 aromatic carbocycles. The summed E-state index contributed by atoms with van der Waals surface area (Å²) in [5, 5.41) is 2.34. The van der Waals surface area contributed by atoms with Gasteiger partial charge in [-0.3, -0.25) is 0 Å². The number of aromatic nitrogens is 1. The molecule has 4 heteroatoms. The first-order valence-corrected chi connectivity index (χ1v) is 4.63. The lowest BCUT2D eigenvalue weighted by molar-refractivity contribution is 1.02. The highest BCUT2D eigenvalue weighted by molar-refractivity contribution is 6.37. The van der Waals surface area contributed by atoms with Gasteiger partial charge in [0.25, 0.3) is 0 Å². The molecule has 3 N–H and O–H groups in total. The van der Waals surface area contributed by atoms with Crippen LogP contribution in [0.2, 0.25) is 10.0 Å². The van der Waals surface area contributed by atoms with Gasteiger partial charge in [0.05, 0.1) is 5.02 Å². The lowest BCUT2D eigenvalue weighted by atomic mass is 10.2. The van der Waals surface area contributed by atoms with Gasteiger partial charge in [0.2, 0.25) is 0 Å². The molecular weight excluding hydrogens is 207 g/mol. The molecule has 68 valence electrons. The summed E-state index contributed by atoms with van der Waals surface area (Å²) in [4.78, 5) is 3.11. The van der Waals surface area contributed by atoms with Crippen molar-refractivity contribution in [2.75, 3.05) is 0 Å². The third kappa shape index (κ3) is 1.41. The van der Waals surface area contributed by atoms with Crippen LogP contribution in [-0.4, -0.2) is 4.98 Å². The highest BCUT2D eigenvalue weighted by atomic mass is 35.5. The molecule has 0 unspecified atom stereocenters. The van der Waals surface area contributed by atoms with Crippen LogP contribution in [0.15, 0.2) is 18.2 Å². The predicted molar refractivity (Wildman–Crippen MR) is 56.2 cm³/mol. The maximum Gasteiger partial charge on any atom is 0.0705 e. The summed E-state index contributed by atoms with van der Waals surface area (Å²) in [6, 6.07) is 5.53. The van der Waals surface area contributed by atoms with Crippen molar-refractivity contribution in [1.82, 2.24) is 4.98 Å². The topological polar surface area (TPSA) is 41.8 Å². The molecule has 0 spiro atoms. The summed E-state index contributed by atoms with van der Waals surface area (Å²) >= 11 is 11.9. The zero-order valence-electron chi connectivity index (χ0n) is 6.77. The summed E-state index contributed by atoms with van der Waals surface area (Å²) < 4.78 is 0. The summed E-state index contributed by atoms with van der Waals surface area (Å²) in [6.07, 6.45) is 0. The third-order valence-electron chi connectivity index (χ3n) is 1.97. The van der Waals surface area contributed by atoms with Gasteiger partial charge in [-0.15, -0.1) is 0 Å². The van der Waals surface area contributed by atoms with Gasteiger partial charge < -0.3 is 10.7 Å². The molecule has 1 aromatic heterocycles. The van der Waals surface area contributed by atoms with Crippen molar-refractivity contribution in [3.63, 3.8) is 0 Å². The van der Waals surface area contributed by atoms with Gasteiger partial charge >= 0.3 is 0 Å². The minimum atomic E-state index is 0.408. The number of halogens is 2. The van der Waals surface area contributed by atoms with E-state index in [1.165, 1.54) is 0 Å². The van der Waals surface area contributed by atoms with Gasteiger partial charge in [0.1, 0.15) is 0 Å². The number of hydrogen-bond acceptors (Lipinski definition) is 1. The molecule has 0 saturated heterocycles. The molecule has 0 amide bonds. The smallest absolute Gasteiger partial charge is 0.0705 e. The Balaban J connectivity index is 2.76. The summed E-state index contributed by atoms with van der Waals surface area (Å²) in [7, 11) is 0.